The van der Waals surface area contributed by atoms with Crippen molar-refractivity contribution >= 4 is 5.91 Å². The number of carbonyl (C=O) groups is 1. The van der Waals surface area contributed by atoms with E-state index in [1.807, 2.05) is 11.9 Å². The van der Waals surface area contributed by atoms with E-state index < -0.39 is 0 Å². The van der Waals surface area contributed by atoms with Crippen molar-refractivity contribution in [2.45, 2.75) is 45.4 Å². The zero-order valence-electron chi connectivity index (χ0n) is 14.2. The van der Waals surface area contributed by atoms with Gasteiger partial charge in [-0.3, -0.25) is 4.79 Å². The predicted molar refractivity (Wildman–Crippen MR) is 91.6 cm³/mol. The van der Waals surface area contributed by atoms with Gasteiger partial charge in [-0.05, 0) is 49.1 Å². The second-order valence-corrected chi connectivity index (χ2v) is 7.52. The van der Waals surface area contributed by atoms with Crippen molar-refractivity contribution < 1.29 is 4.79 Å². The Morgan fingerprint density at radius 3 is 2.32 bits per heavy atom. The topological polar surface area (TPSA) is 46.3 Å². The molecule has 0 spiro atoms. The van der Waals surface area contributed by atoms with E-state index in [0.717, 1.165) is 32.2 Å². The summed E-state index contributed by atoms with van der Waals surface area (Å²) in [6, 6.07) is 10.7. The van der Waals surface area contributed by atoms with Crippen LogP contribution in [0.2, 0.25) is 0 Å². The molecule has 1 amide bonds. The van der Waals surface area contributed by atoms with Crippen molar-refractivity contribution in [1.82, 2.24) is 4.90 Å². The lowest BCUT2D eigenvalue weighted by Crippen LogP contribution is -2.42. The minimum atomic E-state index is -0.00828. The normalized spacial score (nSPS) is 22.4. The van der Waals surface area contributed by atoms with Gasteiger partial charge in [0.05, 0.1) is 0 Å². The molecule has 1 aliphatic rings. The van der Waals surface area contributed by atoms with Crippen LogP contribution in [0.3, 0.4) is 0 Å². The van der Waals surface area contributed by atoms with Gasteiger partial charge in [0, 0.05) is 19.5 Å². The maximum atomic E-state index is 12.6. The Morgan fingerprint density at radius 1 is 1.18 bits per heavy atom. The number of benzene rings is 1. The summed E-state index contributed by atoms with van der Waals surface area (Å²) < 4.78 is 0. The molecule has 1 saturated carbocycles. The molecule has 3 heteroatoms. The van der Waals surface area contributed by atoms with E-state index in [9.17, 15) is 4.79 Å². The van der Waals surface area contributed by atoms with Crippen molar-refractivity contribution in [1.29, 1.82) is 0 Å². The van der Waals surface area contributed by atoms with Gasteiger partial charge in [-0.2, -0.15) is 0 Å². The van der Waals surface area contributed by atoms with E-state index in [4.69, 9.17) is 5.73 Å². The molecule has 1 aliphatic carbocycles. The van der Waals surface area contributed by atoms with Crippen LogP contribution in [-0.2, 0) is 4.79 Å². The fourth-order valence-corrected chi connectivity index (χ4v) is 3.50. The molecule has 0 radical (unpaired) electrons. The molecule has 2 rings (SSSR count). The SMILES string of the molecule is CN(CC(C)(C)CN)C(=O)C1CCC(c2ccccc2)CC1. The molecule has 22 heavy (non-hydrogen) atoms. The van der Waals surface area contributed by atoms with Crippen LogP contribution in [0.4, 0.5) is 0 Å². The first-order valence-electron chi connectivity index (χ1n) is 8.43. The van der Waals surface area contributed by atoms with Crippen molar-refractivity contribution in [2.24, 2.45) is 17.1 Å². The zero-order chi connectivity index (χ0) is 16.2. The first kappa shape index (κ1) is 17.0. The molecule has 1 aromatic rings. The average molecular weight is 302 g/mol. The molecular weight excluding hydrogens is 272 g/mol. The van der Waals surface area contributed by atoms with E-state index in [0.29, 0.717) is 18.4 Å². The number of amides is 1. The molecule has 2 N–H and O–H groups in total. The summed E-state index contributed by atoms with van der Waals surface area (Å²) >= 11 is 0. The maximum absolute atomic E-state index is 12.6. The van der Waals surface area contributed by atoms with Gasteiger partial charge in [0.15, 0.2) is 0 Å². The summed E-state index contributed by atoms with van der Waals surface area (Å²) in [7, 11) is 1.92. The number of rotatable bonds is 5. The van der Waals surface area contributed by atoms with Gasteiger partial charge in [0.1, 0.15) is 0 Å². The van der Waals surface area contributed by atoms with Crippen LogP contribution in [0, 0.1) is 11.3 Å². The molecule has 1 aromatic carbocycles. The van der Waals surface area contributed by atoms with Crippen LogP contribution in [0.1, 0.15) is 51.0 Å². The van der Waals surface area contributed by atoms with Crippen LogP contribution in [0.15, 0.2) is 30.3 Å². The average Bonchev–Trinajstić information content (AvgIpc) is 2.55. The molecule has 0 atom stereocenters. The molecule has 0 saturated heterocycles. The minimum absolute atomic E-state index is 0.00828. The minimum Gasteiger partial charge on any atom is -0.345 e. The van der Waals surface area contributed by atoms with Crippen molar-refractivity contribution in [3.8, 4) is 0 Å². The Bertz CT molecular complexity index is 475. The highest BCUT2D eigenvalue weighted by molar-refractivity contribution is 5.78. The quantitative estimate of drug-likeness (QED) is 0.906. The van der Waals surface area contributed by atoms with Gasteiger partial charge >= 0.3 is 0 Å². The summed E-state index contributed by atoms with van der Waals surface area (Å²) in [5.41, 5.74) is 7.19. The molecule has 122 valence electrons. The van der Waals surface area contributed by atoms with E-state index in [1.54, 1.807) is 0 Å². The van der Waals surface area contributed by atoms with Gasteiger partial charge in [-0.25, -0.2) is 0 Å². The molecule has 0 bridgehead atoms. The second-order valence-electron chi connectivity index (χ2n) is 7.52. The van der Waals surface area contributed by atoms with Crippen molar-refractivity contribution in [2.75, 3.05) is 20.1 Å². The maximum Gasteiger partial charge on any atom is 0.225 e. The molecule has 3 nitrogen and oxygen atoms in total. The van der Waals surface area contributed by atoms with Gasteiger partial charge in [-0.15, -0.1) is 0 Å². The van der Waals surface area contributed by atoms with Gasteiger partial charge in [-0.1, -0.05) is 44.2 Å². The van der Waals surface area contributed by atoms with E-state index >= 15 is 0 Å². The Morgan fingerprint density at radius 2 is 1.77 bits per heavy atom. The zero-order valence-corrected chi connectivity index (χ0v) is 14.2. The Kier molecular flexibility index (Phi) is 5.63. The van der Waals surface area contributed by atoms with Crippen molar-refractivity contribution in [3.63, 3.8) is 0 Å². The first-order valence-corrected chi connectivity index (χ1v) is 8.43. The lowest BCUT2D eigenvalue weighted by Gasteiger charge is -2.34. The molecule has 0 aliphatic heterocycles. The highest BCUT2D eigenvalue weighted by Crippen LogP contribution is 2.36. The fourth-order valence-electron chi connectivity index (χ4n) is 3.50. The number of nitrogens with zero attached hydrogens (tertiary/aromatic N) is 1. The van der Waals surface area contributed by atoms with Crippen LogP contribution < -0.4 is 5.73 Å². The lowest BCUT2D eigenvalue weighted by atomic mass is 9.78. The summed E-state index contributed by atoms with van der Waals surface area (Å²) in [5, 5.41) is 0. The number of hydrogen-bond donors (Lipinski definition) is 1. The van der Waals surface area contributed by atoms with E-state index in [1.165, 1.54) is 5.56 Å². The highest BCUT2D eigenvalue weighted by Gasteiger charge is 2.30. The third-order valence-electron chi connectivity index (χ3n) is 4.94. The molecule has 0 heterocycles. The van der Waals surface area contributed by atoms with Crippen LogP contribution in [-0.4, -0.2) is 30.9 Å². The largest absolute Gasteiger partial charge is 0.345 e. The third-order valence-corrected chi connectivity index (χ3v) is 4.94. The lowest BCUT2D eigenvalue weighted by molar-refractivity contribution is -0.136. The van der Waals surface area contributed by atoms with E-state index in [2.05, 4.69) is 44.2 Å². The molecular formula is C19H30N2O. The Hall–Kier alpha value is -1.35. The summed E-state index contributed by atoms with van der Waals surface area (Å²) in [5.74, 6) is 1.11. The van der Waals surface area contributed by atoms with Crippen LogP contribution in [0.5, 0.6) is 0 Å². The van der Waals surface area contributed by atoms with Crippen LogP contribution in [0.25, 0.3) is 0 Å². The standard InChI is InChI=1S/C19H30N2O/c1-19(2,13-20)14-21(3)18(22)17-11-9-16(10-12-17)15-7-5-4-6-8-15/h4-8,16-17H,9-14,20H2,1-3H3. The van der Waals surface area contributed by atoms with E-state index in [-0.39, 0.29) is 11.3 Å². The molecule has 0 unspecified atom stereocenters. The Balaban J connectivity index is 1.87. The fraction of sp³-hybridized carbons (Fsp3) is 0.632. The van der Waals surface area contributed by atoms with Gasteiger partial charge < -0.3 is 10.6 Å². The molecule has 0 aromatic heterocycles. The number of hydrogen-bond acceptors (Lipinski definition) is 2. The summed E-state index contributed by atoms with van der Waals surface area (Å²) in [4.78, 5) is 14.5. The summed E-state index contributed by atoms with van der Waals surface area (Å²) in [6.45, 7) is 5.57. The monoisotopic (exact) mass is 302 g/mol. The van der Waals surface area contributed by atoms with Gasteiger partial charge in [0.25, 0.3) is 0 Å². The predicted octanol–water partition coefficient (Wildman–Crippen LogP) is 3.40. The smallest absolute Gasteiger partial charge is 0.225 e. The highest BCUT2D eigenvalue weighted by atomic mass is 16.2. The van der Waals surface area contributed by atoms with Gasteiger partial charge in [0.2, 0.25) is 5.91 Å². The molecule has 1 fully saturated rings. The number of nitrogens with two attached hydrogens (primary N) is 1. The third kappa shape index (κ3) is 4.33. The first-order chi connectivity index (χ1) is 10.4. The second kappa shape index (κ2) is 7.28. The summed E-state index contributed by atoms with van der Waals surface area (Å²) in [6.07, 6.45) is 4.25. The number of carbonyl (C=O) groups excluding carboxylic acids is 1. The van der Waals surface area contributed by atoms with Crippen LogP contribution >= 0.6 is 0 Å². The Labute approximate surface area is 134 Å². The van der Waals surface area contributed by atoms with Crippen molar-refractivity contribution in [3.05, 3.63) is 35.9 Å².